The number of nitrogen functional groups attached to an aromatic ring is 2. The van der Waals surface area contributed by atoms with E-state index in [1.54, 1.807) is 6.07 Å². The lowest BCUT2D eigenvalue weighted by Gasteiger charge is -2.18. The molecule has 0 atom stereocenters. The van der Waals surface area contributed by atoms with Crippen molar-refractivity contribution in [1.82, 2.24) is 10.9 Å². The maximum absolute atomic E-state index is 12.8. The molecule has 6 heteroatoms. The van der Waals surface area contributed by atoms with Gasteiger partial charge in [-0.3, -0.25) is 20.4 Å². The topological polar surface area (TPSA) is 110 Å². The molecule has 0 bridgehead atoms. The molecule has 5 rings (SSSR count). The third-order valence-corrected chi connectivity index (χ3v) is 5.36. The van der Waals surface area contributed by atoms with Crippen LogP contribution in [0, 0.1) is 0 Å². The molecule has 0 aliphatic heterocycles. The van der Waals surface area contributed by atoms with Gasteiger partial charge >= 0.3 is 0 Å². The molecule has 0 heterocycles. The molecule has 28 heavy (non-hydrogen) atoms. The van der Waals surface area contributed by atoms with Gasteiger partial charge in [-0.2, -0.15) is 0 Å². The molecule has 0 radical (unpaired) electrons. The largest absolute Gasteiger partial charge is 0.290 e. The Balaban J connectivity index is 2.18. The van der Waals surface area contributed by atoms with Crippen molar-refractivity contribution in [3.63, 3.8) is 0 Å². The van der Waals surface area contributed by atoms with E-state index >= 15 is 0 Å². The lowest BCUT2D eigenvalue weighted by Crippen LogP contribution is -2.35. The molecule has 0 fully saturated rings. The molecule has 0 aromatic heterocycles. The Labute approximate surface area is 159 Å². The molecule has 5 aromatic carbocycles. The summed E-state index contributed by atoms with van der Waals surface area (Å²) >= 11 is 0. The van der Waals surface area contributed by atoms with Crippen LogP contribution in [-0.2, 0) is 0 Å². The highest BCUT2D eigenvalue weighted by Gasteiger charge is 2.24. The molecule has 0 saturated heterocycles. The molecule has 6 N–H and O–H groups in total. The normalized spacial score (nSPS) is 11.5. The quantitative estimate of drug-likeness (QED) is 0.126. The summed E-state index contributed by atoms with van der Waals surface area (Å²) in [7, 11) is 0. The first-order chi connectivity index (χ1) is 13.7. The highest BCUT2D eigenvalue weighted by atomic mass is 16.2. The van der Waals surface area contributed by atoms with Gasteiger partial charge in [0.1, 0.15) is 0 Å². The van der Waals surface area contributed by atoms with Crippen molar-refractivity contribution in [2.45, 2.75) is 0 Å². The number of hydrazine groups is 2. The van der Waals surface area contributed by atoms with E-state index in [9.17, 15) is 9.59 Å². The van der Waals surface area contributed by atoms with Crippen LogP contribution in [0.5, 0.6) is 0 Å². The van der Waals surface area contributed by atoms with Crippen molar-refractivity contribution in [2.75, 3.05) is 0 Å². The van der Waals surface area contributed by atoms with Crippen LogP contribution in [0.3, 0.4) is 0 Å². The zero-order chi connectivity index (χ0) is 19.4. The van der Waals surface area contributed by atoms with Crippen LogP contribution in [0.25, 0.3) is 43.1 Å². The van der Waals surface area contributed by atoms with Gasteiger partial charge < -0.3 is 0 Å². The minimum Gasteiger partial charge on any atom is -0.290 e. The van der Waals surface area contributed by atoms with E-state index in [1.807, 2.05) is 48.5 Å². The fraction of sp³-hybridized carbons (Fsp3) is 0. The Morgan fingerprint density at radius 2 is 1.21 bits per heavy atom. The minimum atomic E-state index is -0.548. The zero-order valence-corrected chi connectivity index (χ0v) is 14.7. The van der Waals surface area contributed by atoms with Gasteiger partial charge in [-0.25, -0.2) is 11.7 Å². The van der Waals surface area contributed by atoms with Gasteiger partial charge in [0.15, 0.2) is 0 Å². The van der Waals surface area contributed by atoms with E-state index in [4.69, 9.17) is 11.7 Å². The average molecular weight is 368 g/mol. The summed E-state index contributed by atoms with van der Waals surface area (Å²) in [4.78, 5) is 25.3. The zero-order valence-electron chi connectivity index (χ0n) is 14.7. The Bertz CT molecular complexity index is 1420. The molecular formula is C22H16N4O2. The van der Waals surface area contributed by atoms with Gasteiger partial charge in [0.05, 0.1) is 11.1 Å². The molecule has 0 saturated carbocycles. The van der Waals surface area contributed by atoms with Crippen LogP contribution in [0.15, 0.2) is 60.7 Å². The monoisotopic (exact) mass is 368 g/mol. The minimum absolute atomic E-state index is 0.182. The lowest BCUT2D eigenvalue weighted by atomic mass is 9.85. The number of nitrogens with two attached hydrogens (primary N) is 2. The molecule has 0 aliphatic carbocycles. The Morgan fingerprint density at radius 3 is 1.86 bits per heavy atom. The second-order valence-electron chi connectivity index (χ2n) is 6.73. The van der Waals surface area contributed by atoms with Gasteiger partial charge in [0.2, 0.25) is 0 Å². The Kier molecular flexibility index (Phi) is 3.45. The van der Waals surface area contributed by atoms with Crippen molar-refractivity contribution in [3.8, 4) is 0 Å². The number of fused-ring (bicyclic) bond motifs is 2. The number of hydrogen-bond donors (Lipinski definition) is 4. The first-order valence-corrected chi connectivity index (χ1v) is 8.79. The smallest absolute Gasteiger partial charge is 0.266 e. The maximum Gasteiger partial charge on any atom is 0.266 e. The molecular weight excluding hydrogens is 352 g/mol. The van der Waals surface area contributed by atoms with Crippen molar-refractivity contribution < 1.29 is 9.59 Å². The van der Waals surface area contributed by atoms with Crippen molar-refractivity contribution >= 4 is 54.9 Å². The van der Waals surface area contributed by atoms with Crippen LogP contribution in [0.4, 0.5) is 0 Å². The number of hydrogen-bond acceptors (Lipinski definition) is 4. The predicted molar refractivity (Wildman–Crippen MR) is 111 cm³/mol. The molecule has 0 spiro atoms. The first-order valence-electron chi connectivity index (χ1n) is 8.79. The third kappa shape index (κ3) is 2.04. The summed E-state index contributed by atoms with van der Waals surface area (Å²) in [5, 5.41) is 7.57. The number of amides is 2. The van der Waals surface area contributed by atoms with Crippen molar-refractivity contribution in [1.29, 1.82) is 0 Å². The number of nitrogens with one attached hydrogen (secondary N) is 2. The summed E-state index contributed by atoms with van der Waals surface area (Å²) in [6, 6.07) is 19.7. The summed E-state index contributed by atoms with van der Waals surface area (Å²) in [6.07, 6.45) is 0. The van der Waals surface area contributed by atoms with E-state index < -0.39 is 11.8 Å². The lowest BCUT2D eigenvalue weighted by molar-refractivity contribution is 0.0921. The van der Waals surface area contributed by atoms with E-state index in [0.29, 0.717) is 5.39 Å². The predicted octanol–water partition coefficient (Wildman–Crippen LogP) is 2.94. The second kappa shape index (κ2) is 5.88. The highest BCUT2D eigenvalue weighted by Crippen LogP contribution is 2.42. The first kappa shape index (κ1) is 16.4. The highest BCUT2D eigenvalue weighted by molar-refractivity contribution is 6.37. The van der Waals surface area contributed by atoms with Crippen LogP contribution in [0.2, 0.25) is 0 Å². The second-order valence-corrected chi connectivity index (χ2v) is 6.73. The van der Waals surface area contributed by atoms with Crippen LogP contribution < -0.4 is 22.5 Å². The standard InChI is InChI=1S/C22H16N4O2/c23-25-21(27)16-10-12-6-3-8-14-13-7-1-4-11-5-2-9-15(17(11)13)19(18(12)14)20(16)22(28)26-24/h1-10H,23-24H2,(H,25,27)(H,26,28). The maximum atomic E-state index is 12.8. The average Bonchev–Trinajstić information content (AvgIpc) is 2.75. The van der Waals surface area contributed by atoms with E-state index in [1.165, 1.54) is 0 Å². The third-order valence-electron chi connectivity index (χ3n) is 5.36. The Morgan fingerprint density at radius 1 is 0.643 bits per heavy atom. The van der Waals surface area contributed by atoms with E-state index in [2.05, 4.69) is 16.9 Å². The van der Waals surface area contributed by atoms with Crippen LogP contribution >= 0.6 is 0 Å². The number of carbonyl (C=O) groups is 2. The Hall–Kier alpha value is -3.74. The molecule has 136 valence electrons. The van der Waals surface area contributed by atoms with Gasteiger partial charge in [-0.1, -0.05) is 54.6 Å². The summed E-state index contributed by atoms with van der Waals surface area (Å²) in [5.41, 5.74) is 4.71. The molecule has 5 aromatic rings. The number of rotatable bonds is 2. The fourth-order valence-electron chi connectivity index (χ4n) is 4.29. The van der Waals surface area contributed by atoms with Crippen LogP contribution in [0.1, 0.15) is 20.7 Å². The molecule has 0 aliphatic rings. The van der Waals surface area contributed by atoms with Gasteiger partial charge in [0, 0.05) is 5.39 Å². The molecule has 2 amide bonds. The summed E-state index contributed by atoms with van der Waals surface area (Å²) < 4.78 is 0. The van der Waals surface area contributed by atoms with Gasteiger partial charge in [0.25, 0.3) is 11.8 Å². The SMILES string of the molecule is NNC(=O)c1cc2cccc3c4cccc5cccc(c(c1C(=O)NN)c23)c54. The van der Waals surface area contributed by atoms with Crippen molar-refractivity contribution in [3.05, 3.63) is 71.8 Å². The molecule has 0 unspecified atom stereocenters. The van der Waals surface area contributed by atoms with Gasteiger partial charge in [-0.05, 0) is 43.8 Å². The van der Waals surface area contributed by atoms with Gasteiger partial charge in [-0.15, -0.1) is 0 Å². The summed E-state index contributed by atoms with van der Waals surface area (Å²) in [5.74, 6) is 9.76. The van der Waals surface area contributed by atoms with Crippen molar-refractivity contribution in [2.24, 2.45) is 11.7 Å². The number of benzene rings is 5. The van der Waals surface area contributed by atoms with Crippen LogP contribution in [-0.4, -0.2) is 11.8 Å². The van der Waals surface area contributed by atoms with E-state index in [0.717, 1.165) is 37.7 Å². The van der Waals surface area contributed by atoms with E-state index in [-0.39, 0.29) is 11.1 Å². The summed E-state index contributed by atoms with van der Waals surface area (Å²) in [6.45, 7) is 0. The fourth-order valence-corrected chi connectivity index (χ4v) is 4.29. The molecule has 6 nitrogen and oxygen atoms in total. The number of carbonyl (C=O) groups excluding carboxylic acids is 2.